The van der Waals surface area contributed by atoms with E-state index in [4.69, 9.17) is 0 Å². The van der Waals surface area contributed by atoms with Gasteiger partial charge in [-0.25, -0.2) is 0 Å². The lowest BCUT2D eigenvalue weighted by atomic mass is 9.86. The molecule has 3 rings (SSSR count). The third kappa shape index (κ3) is 2.57. The molecule has 3 aromatic rings. The summed E-state index contributed by atoms with van der Waals surface area (Å²) in [5.74, 6) is -0.185. The molecule has 0 spiro atoms. The molecule has 0 N–H and O–H groups in total. The van der Waals surface area contributed by atoms with Crippen LogP contribution in [0.3, 0.4) is 0 Å². The smallest absolute Gasteiger partial charge is 0.267 e. The van der Waals surface area contributed by atoms with Crippen LogP contribution in [0.2, 0.25) is 0 Å². The Kier molecular flexibility index (Phi) is 3.60. The minimum Gasteiger partial charge on any atom is -0.267 e. The number of carbonyl (C=O) groups is 1. The van der Waals surface area contributed by atoms with Crippen molar-refractivity contribution in [2.24, 2.45) is 0 Å². The summed E-state index contributed by atoms with van der Waals surface area (Å²) in [6.45, 7) is 6.42. The van der Waals surface area contributed by atoms with Gasteiger partial charge < -0.3 is 0 Å². The van der Waals surface area contributed by atoms with Gasteiger partial charge in [0.15, 0.2) is 0 Å². The molecule has 2 aromatic carbocycles. The zero-order chi connectivity index (χ0) is 15.9. The molecule has 0 aliphatic heterocycles. The molecule has 112 valence electrons. The summed E-state index contributed by atoms with van der Waals surface area (Å²) < 4.78 is 2.27. The molecular weight excluding hydrogens is 342 g/mol. The summed E-state index contributed by atoms with van der Waals surface area (Å²) in [6.07, 6.45) is 0. The monoisotopic (exact) mass is 357 g/mol. The fourth-order valence-corrected chi connectivity index (χ4v) is 3.37. The van der Waals surface area contributed by atoms with Crippen molar-refractivity contribution in [2.75, 3.05) is 0 Å². The Morgan fingerprint density at radius 2 is 1.86 bits per heavy atom. The normalized spacial score (nSPS) is 11.8. The number of nitrogens with zero attached hydrogens (tertiary/aromatic N) is 3. The molecule has 0 aliphatic carbocycles. The lowest BCUT2D eigenvalue weighted by Crippen LogP contribution is -2.16. The van der Waals surface area contributed by atoms with Crippen molar-refractivity contribution in [2.45, 2.75) is 26.2 Å². The second-order valence-corrected chi connectivity index (χ2v) is 7.09. The number of fused-ring (bicyclic) bond motifs is 1. The van der Waals surface area contributed by atoms with E-state index in [0.717, 1.165) is 10.0 Å². The Morgan fingerprint density at radius 3 is 2.55 bits per heavy atom. The van der Waals surface area contributed by atoms with E-state index >= 15 is 0 Å². The average molecular weight is 358 g/mol. The Morgan fingerprint density at radius 1 is 1.14 bits per heavy atom. The van der Waals surface area contributed by atoms with Crippen molar-refractivity contribution in [3.8, 4) is 0 Å². The van der Waals surface area contributed by atoms with Crippen molar-refractivity contribution < 1.29 is 4.79 Å². The van der Waals surface area contributed by atoms with Crippen molar-refractivity contribution in [3.05, 3.63) is 58.1 Å². The van der Waals surface area contributed by atoms with Crippen LogP contribution >= 0.6 is 15.9 Å². The van der Waals surface area contributed by atoms with Gasteiger partial charge in [-0.2, -0.15) is 4.68 Å². The SMILES string of the molecule is CC(C)(C)c1ccc(C(=O)n2nnc3ccccc32)cc1Br. The number of halogens is 1. The van der Waals surface area contributed by atoms with E-state index in [0.29, 0.717) is 16.6 Å². The number of hydrogen-bond donors (Lipinski definition) is 0. The Balaban J connectivity index is 2.04. The minimum absolute atomic E-state index is 0.0142. The third-order valence-electron chi connectivity index (χ3n) is 3.57. The molecule has 22 heavy (non-hydrogen) atoms. The van der Waals surface area contributed by atoms with E-state index in [1.54, 1.807) is 0 Å². The van der Waals surface area contributed by atoms with Gasteiger partial charge in [0.05, 0.1) is 5.52 Å². The zero-order valence-electron chi connectivity index (χ0n) is 12.7. The molecule has 0 bridgehead atoms. The molecule has 0 atom stereocenters. The quantitative estimate of drug-likeness (QED) is 0.656. The van der Waals surface area contributed by atoms with Gasteiger partial charge in [0.1, 0.15) is 5.52 Å². The first-order valence-electron chi connectivity index (χ1n) is 7.03. The lowest BCUT2D eigenvalue weighted by molar-refractivity contribution is 0.0948. The van der Waals surface area contributed by atoms with Crippen LogP contribution in [0.1, 0.15) is 36.7 Å². The van der Waals surface area contributed by atoms with Gasteiger partial charge in [-0.1, -0.05) is 60.1 Å². The number of benzene rings is 2. The predicted molar refractivity (Wildman–Crippen MR) is 90.1 cm³/mol. The molecule has 0 radical (unpaired) electrons. The highest BCUT2D eigenvalue weighted by Crippen LogP contribution is 2.30. The van der Waals surface area contributed by atoms with Gasteiger partial charge in [-0.3, -0.25) is 4.79 Å². The average Bonchev–Trinajstić information content (AvgIpc) is 2.89. The molecule has 0 saturated heterocycles. The van der Waals surface area contributed by atoms with Crippen LogP contribution in [0.25, 0.3) is 11.0 Å². The number of hydrogen-bond acceptors (Lipinski definition) is 3. The summed E-state index contributed by atoms with van der Waals surface area (Å²) in [5.41, 5.74) is 3.17. The fraction of sp³-hybridized carbons (Fsp3) is 0.235. The number of para-hydroxylation sites is 1. The maximum Gasteiger partial charge on any atom is 0.280 e. The van der Waals surface area contributed by atoms with Gasteiger partial charge in [-0.15, -0.1) is 5.10 Å². The van der Waals surface area contributed by atoms with Crippen LogP contribution in [-0.4, -0.2) is 20.9 Å². The molecule has 1 aromatic heterocycles. The van der Waals surface area contributed by atoms with Crippen LogP contribution in [0, 0.1) is 0 Å². The number of rotatable bonds is 1. The first-order chi connectivity index (χ1) is 10.4. The van der Waals surface area contributed by atoms with Crippen molar-refractivity contribution in [1.29, 1.82) is 0 Å². The van der Waals surface area contributed by atoms with E-state index in [1.807, 2.05) is 42.5 Å². The second kappa shape index (κ2) is 5.32. The Hall–Kier alpha value is -2.01. The standard InChI is InChI=1S/C17H16BrN3O/c1-17(2,3)12-9-8-11(10-13(12)18)16(22)21-15-7-5-4-6-14(15)19-20-21/h4-10H,1-3H3. The fourth-order valence-electron chi connectivity index (χ4n) is 2.40. The van der Waals surface area contributed by atoms with Crippen LogP contribution in [-0.2, 0) is 5.41 Å². The van der Waals surface area contributed by atoms with Crippen molar-refractivity contribution in [3.63, 3.8) is 0 Å². The highest BCUT2D eigenvalue weighted by molar-refractivity contribution is 9.10. The van der Waals surface area contributed by atoms with Crippen LogP contribution < -0.4 is 0 Å². The largest absolute Gasteiger partial charge is 0.280 e. The first-order valence-corrected chi connectivity index (χ1v) is 7.82. The second-order valence-electron chi connectivity index (χ2n) is 6.24. The lowest BCUT2D eigenvalue weighted by Gasteiger charge is -2.21. The molecule has 4 nitrogen and oxygen atoms in total. The Bertz CT molecular complexity index is 862. The van der Waals surface area contributed by atoms with E-state index in [2.05, 4.69) is 47.0 Å². The minimum atomic E-state index is -0.185. The maximum atomic E-state index is 12.7. The molecule has 5 heteroatoms. The van der Waals surface area contributed by atoms with Crippen LogP contribution in [0.4, 0.5) is 0 Å². The first kappa shape index (κ1) is 14.9. The maximum absolute atomic E-state index is 12.7. The third-order valence-corrected chi connectivity index (χ3v) is 4.22. The van der Waals surface area contributed by atoms with Gasteiger partial charge in [0.2, 0.25) is 0 Å². The number of aromatic nitrogens is 3. The van der Waals surface area contributed by atoms with Gasteiger partial charge in [0.25, 0.3) is 5.91 Å². The van der Waals surface area contributed by atoms with Crippen LogP contribution in [0.15, 0.2) is 46.9 Å². The topological polar surface area (TPSA) is 47.8 Å². The molecule has 0 aliphatic rings. The molecule has 0 saturated carbocycles. The predicted octanol–water partition coefficient (Wildman–Crippen LogP) is 4.18. The highest BCUT2D eigenvalue weighted by atomic mass is 79.9. The summed E-state index contributed by atoms with van der Waals surface area (Å²) in [5, 5.41) is 8.00. The molecular formula is C17H16BrN3O. The summed E-state index contributed by atoms with van der Waals surface area (Å²) in [6, 6.07) is 13.1. The highest BCUT2D eigenvalue weighted by Gasteiger charge is 2.20. The molecule has 1 heterocycles. The van der Waals surface area contributed by atoms with Crippen molar-refractivity contribution in [1.82, 2.24) is 15.0 Å². The van der Waals surface area contributed by atoms with E-state index in [9.17, 15) is 4.79 Å². The van der Waals surface area contributed by atoms with Gasteiger partial charge in [-0.05, 0) is 35.2 Å². The molecule has 0 fully saturated rings. The van der Waals surface area contributed by atoms with Crippen molar-refractivity contribution >= 4 is 32.9 Å². The molecule has 0 unspecified atom stereocenters. The summed E-state index contributed by atoms with van der Waals surface area (Å²) in [7, 11) is 0. The summed E-state index contributed by atoms with van der Waals surface area (Å²) >= 11 is 3.57. The zero-order valence-corrected chi connectivity index (χ0v) is 14.3. The molecule has 0 amide bonds. The summed E-state index contributed by atoms with van der Waals surface area (Å²) in [4.78, 5) is 12.7. The van der Waals surface area contributed by atoms with E-state index in [1.165, 1.54) is 4.68 Å². The van der Waals surface area contributed by atoms with E-state index < -0.39 is 0 Å². The van der Waals surface area contributed by atoms with Gasteiger partial charge in [0, 0.05) is 10.0 Å². The van der Waals surface area contributed by atoms with Gasteiger partial charge >= 0.3 is 0 Å². The number of carbonyl (C=O) groups excluding carboxylic acids is 1. The van der Waals surface area contributed by atoms with Crippen LogP contribution in [0.5, 0.6) is 0 Å². The Labute approximate surface area is 137 Å². The van der Waals surface area contributed by atoms with E-state index in [-0.39, 0.29) is 11.3 Å².